The van der Waals surface area contributed by atoms with E-state index >= 15 is 0 Å². The third-order valence-electron chi connectivity index (χ3n) is 5.32. The van der Waals surface area contributed by atoms with Crippen molar-refractivity contribution in [3.8, 4) is 16.8 Å². The monoisotopic (exact) mass is 425 g/mol. The van der Waals surface area contributed by atoms with E-state index in [2.05, 4.69) is 63.5 Å². The molecule has 0 saturated carbocycles. The molecule has 1 amide bonds. The number of aryl methyl sites for hydroxylation is 1. The molecule has 162 valence electrons. The van der Waals surface area contributed by atoms with Crippen molar-refractivity contribution in [2.75, 3.05) is 14.1 Å². The molecule has 0 saturated heterocycles. The second-order valence-corrected chi connectivity index (χ2v) is 8.26. The SMILES string of the molecule is Cc1cc(C(N)=O)nn1-c1ccc(Cc2ccc(-c3ccc(CN(C)C)nc3)cc2)cc1. The van der Waals surface area contributed by atoms with Crippen LogP contribution in [0.15, 0.2) is 72.9 Å². The molecule has 0 aliphatic carbocycles. The number of rotatable bonds is 7. The van der Waals surface area contributed by atoms with Gasteiger partial charge in [-0.25, -0.2) is 4.68 Å². The number of benzene rings is 2. The molecule has 2 aromatic heterocycles. The zero-order valence-corrected chi connectivity index (χ0v) is 18.6. The fourth-order valence-corrected chi connectivity index (χ4v) is 3.67. The molecule has 0 spiro atoms. The van der Waals surface area contributed by atoms with Gasteiger partial charge in [-0.2, -0.15) is 5.10 Å². The average Bonchev–Trinajstić information content (AvgIpc) is 3.17. The highest BCUT2D eigenvalue weighted by Crippen LogP contribution is 2.21. The van der Waals surface area contributed by atoms with E-state index in [-0.39, 0.29) is 5.69 Å². The Labute approximate surface area is 188 Å². The first-order valence-corrected chi connectivity index (χ1v) is 10.5. The van der Waals surface area contributed by atoms with Gasteiger partial charge >= 0.3 is 0 Å². The zero-order chi connectivity index (χ0) is 22.7. The molecule has 0 bridgehead atoms. The minimum absolute atomic E-state index is 0.272. The van der Waals surface area contributed by atoms with Gasteiger partial charge in [0.1, 0.15) is 0 Å². The highest BCUT2D eigenvalue weighted by atomic mass is 16.1. The van der Waals surface area contributed by atoms with Gasteiger partial charge in [-0.05, 0) is 68.4 Å². The largest absolute Gasteiger partial charge is 0.364 e. The van der Waals surface area contributed by atoms with Gasteiger partial charge in [0.2, 0.25) is 0 Å². The van der Waals surface area contributed by atoms with Crippen LogP contribution < -0.4 is 5.73 Å². The molecular weight excluding hydrogens is 398 g/mol. The Morgan fingerprint density at radius 2 is 1.56 bits per heavy atom. The van der Waals surface area contributed by atoms with Crippen molar-refractivity contribution < 1.29 is 4.79 Å². The summed E-state index contributed by atoms with van der Waals surface area (Å²) in [6.45, 7) is 2.74. The quantitative estimate of drug-likeness (QED) is 0.486. The lowest BCUT2D eigenvalue weighted by Crippen LogP contribution is -2.12. The summed E-state index contributed by atoms with van der Waals surface area (Å²) >= 11 is 0. The van der Waals surface area contributed by atoms with Crippen molar-refractivity contribution in [2.45, 2.75) is 19.9 Å². The van der Waals surface area contributed by atoms with Gasteiger partial charge in [0.25, 0.3) is 5.91 Å². The van der Waals surface area contributed by atoms with E-state index in [1.165, 1.54) is 11.1 Å². The molecule has 0 radical (unpaired) electrons. The number of carbonyl (C=O) groups is 1. The van der Waals surface area contributed by atoms with E-state index in [1.54, 1.807) is 10.7 Å². The lowest BCUT2D eigenvalue weighted by Gasteiger charge is -2.10. The molecule has 0 aliphatic heterocycles. The Kier molecular flexibility index (Phi) is 6.14. The maximum absolute atomic E-state index is 11.4. The summed E-state index contributed by atoms with van der Waals surface area (Å²) in [7, 11) is 4.08. The molecular formula is C26H27N5O. The first-order chi connectivity index (χ1) is 15.4. The summed E-state index contributed by atoms with van der Waals surface area (Å²) in [6.07, 6.45) is 2.78. The normalized spacial score (nSPS) is 11.1. The van der Waals surface area contributed by atoms with Crippen LogP contribution in [0.3, 0.4) is 0 Å². The van der Waals surface area contributed by atoms with Crippen molar-refractivity contribution in [1.82, 2.24) is 19.7 Å². The summed E-state index contributed by atoms with van der Waals surface area (Å²) in [5.41, 5.74) is 13.2. The molecule has 0 aliphatic rings. The van der Waals surface area contributed by atoms with E-state index in [4.69, 9.17) is 5.73 Å². The third kappa shape index (κ3) is 4.92. The first kappa shape index (κ1) is 21.5. The standard InChI is InChI=1S/C26H27N5O/c1-18-14-25(26(27)32)29-31(18)24-12-6-20(7-13-24)15-19-4-8-21(9-5-19)22-10-11-23(28-16-22)17-30(2)3/h4-14,16H,15,17H2,1-3H3,(H2,27,32). The highest BCUT2D eigenvalue weighted by Gasteiger charge is 2.10. The lowest BCUT2D eigenvalue weighted by atomic mass is 10.0. The molecule has 2 heterocycles. The van der Waals surface area contributed by atoms with E-state index in [0.29, 0.717) is 0 Å². The smallest absolute Gasteiger partial charge is 0.269 e. The second-order valence-electron chi connectivity index (χ2n) is 8.26. The lowest BCUT2D eigenvalue weighted by molar-refractivity contribution is 0.0995. The van der Waals surface area contributed by atoms with E-state index < -0.39 is 5.91 Å². The summed E-state index contributed by atoms with van der Waals surface area (Å²) in [5.74, 6) is -0.521. The van der Waals surface area contributed by atoms with Gasteiger partial charge < -0.3 is 10.6 Å². The van der Waals surface area contributed by atoms with Gasteiger partial charge in [-0.15, -0.1) is 0 Å². The van der Waals surface area contributed by atoms with Crippen molar-refractivity contribution >= 4 is 5.91 Å². The van der Waals surface area contributed by atoms with Crippen LogP contribution in [0.4, 0.5) is 0 Å². The number of primary amides is 1. The topological polar surface area (TPSA) is 77.0 Å². The van der Waals surface area contributed by atoms with Gasteiger partial charge in [0.15, 0.2) is 5.69 Å². The average molecular weight is 426 g/mol. The number of amides is 1. The van der Waals surface area contributed by atoms with E-state index in [9.17, 15) is 4.79 Å². The molecule has 0 atom stereocenters. The summed E-state index contributed by atoms with van der Waals surface area (Å²) < 4.78 is 1.73. The zero-order valence-electron chi connectivity index (χ0n) is 18.6. The predicted molar refractivity (Wildman–Crippen MR) is 127 cm³/mol. The number of carbonyl (C=O) groups excluding carboxylic acids is 1. The third-order valence-corrected chi connectivity index (χ3v) is 5.32. The van der Waals surface area contributed by atoms with Crippen molar-refractivity contribution in [2.24, 2.45) is 5.73 Å². The van der Waals surface area contributed by atoms with Crippen LogP contribution in [-0.4, -0.2) is 39.7 Å². The Bertz CT molecular complexity index is 1210. The molecule has 32 heavy (non-hydrogen) atoms. The van der Waals surface area contributed by atoms with Crippen LogP contribution in [0.5, 0.6) is 0 Å². The second kappa shape index (κ2) is 9.16. The van der Waals surface area contributed by atoms with Gasteiger partial charge in [-0.1, -0.05) is 42.5 Å². The van der Waals surface area contributed by atoms with Crippen molar-refractivity contribution in [3.05, 3.63) is 101 Å². The number of hydrogen-bond acceptors (Lipinski definition) is 4. The summed E-state index contributed by atoms with van der Waals surface area (Å²) in [4.78, 5) is 18.0. The number of nitrogens with zero attached hydrogens (tertiary/aromatic N) is 4. The number of pyridine rings is 1. The van der Waals surface area contributed by atoms with Crippen LogP contribution in [0.25, 0.3) is 16.8 Å². The van der Waals surface area contributed by atoms with Gasteiger partial charge in [0, 0.05) is 24.0 Å². The molecule has 4 rings (SSSR count). The molecule has 0 unspecified atom stereocenters. The molecule has 0 fully saturated rings. The number of nitrogens with two attached hydrogens (primary N) is 1. The van der Waals surface area contributed by atoms with E-state index in [0.717, 1.165) is 41.2 Å². The molecule has 2 N–H and O–H groups in total. The van der Waals surface area contributed by atoms with Crippen LogP contribution in [-0.2, 0) is 13.0 Å². The fraction of sp³-hybridized carbons (Fsp3) is 0.192. The molecule has 2 aromatic carbocycles. The highest BCUT2D eigenvalue weighted by molar-refractivity contribution is 5.90. The number of aromatic nitrogens is 3. The van der Waals surface area contributed by atoms with Crippen LogP contribution in [0.1, 0.15) is 33.0 Å². The van der Waals surface area contributed by atoms with Crippen molar-refractivity contribution in [1.29, 1.82) is 0 Å². The molecule has 6 heteroatoms. The van der Waals surface area contributed by atoms with Gasteiger partial charge in [0.05, 0.1) is 11.4 Å². The first-order valence-electron chi connectivity index (χ1n) is 10.5. The van der Waals surface area contributed by atoms with Crippen LogP contribution in [0.2, 0.25) is 0 Å². The fourth-order valence-electron chi connectivity index (χ4n) is 3.67. The van der Waals surface area contributed by atoms with E-state index in [1.807, 2.05) is 39.3 Å². The van der Waals surface area contributed by atoms with Crippen LogP contribution in [0, 0.1) is 6.92 Å². The minimum Gasteiger partial charge on any atom is -0.364 e. The van der Waals surface area contributed by atoms with Crippen LogP contribution >= 0.6 is 0 Å². The minimum atomic E-state index is -0.521. The Morgan fingerprint density at radius 3 is 2.09 bits per heavy atom. The van der Waals surface area contributed by atoms with Crippen molar-refractivity contribution in [3.63, 3.8) is 0 Å². The Hall–Kier alpha value is -3.77. The predicted octanol–water partition coefficient (Wildman–Crippen LogP) is 3.99. The van der Waals surface area contributed by atoms with Gasteiger partial charge in [-0.3, -0.25) is 9.78 Å². The maximum atomic E-state index is 11.4. The molecule has 4 aromatic rings. The summed E-state index contributed by atoms with van der Waals surface area (Å²) in [6, 6.07) is 22.7. The maximum Gasteiger partial charge on any atom is 0.269 e. The molecule has 6 nitrogen and oxygen atoms in total. The Balaban J connectivity index is 1.44. The summed E-state index contributed by atoms with van der Waals surface area (Å²) in [5, 5.41) is 4.29. The Morgan fingerprint density at radius 1 is 0.938 bits per heavy atom. The number of hydrogen-bond donors (Lipinski definition) is 1.